The Morgan fingerprint density at radius 3 is 2.61 bits per heavy atom. The van der Waals surface area contributed by atoms with Crippen LogP contribution in [0, 0.1) is 0 Å². The molecule has 0 saturated heterocycles. The highest BCUT2D eigenvalue weighted by molar-refractivity contribution is 7.90. The van der Waals surface area contributed by atoms with Gasteiger partial charge in [0.1, 0.15) is 5.69 Å². The van der Waals surface area contributed by atoms with Crippen LogP contribution in [0.5, 0.6) is 0 Å². The lowest BCUT2D eigenvalue weighted by molar-refractivity contribution is 0.298. The fraction of sp³-hybridized carbons (Fsp3) is 0.217. The maximum absolute atomic E-state index is 13.7. The summed E-state index contributed by atoms with van der Waals surface area (Å²) in [7, 11) is -3.87. The summed E-state index contributed by atoms with van der Waals surface area (Å²) in [5.41, 5.74) is 10.6. The summed E-state index contributed by atoms with van der Waals surface area (Å²) in [6.45, 7) is -0.0247. The maximum atomic E-state index is 13.7. The molecule has 0 fully saturated rings. The van der Waals surface area contributed by atoms with Gasteiger partial charge < -0.3 is 10.8 Å². The van der Waals surface area contributed by atoms with Crippen molar-refractivity contribution in [2.75, 3.05) is 6.61 Å². The van der Waals surface area contributed by atoms with Crippen molar-refractivity contribution in [1.82, 2.24) is 13.9 Å². The van der Waals surface area contributed by atoms with Crippen LogP contribution in [-0.2, 0) is 22.9 Å². The minimum Gasteiger partial charge on any atom is -0.396 e. The number of benzene rings is 2. The van der Waals surface area contributed by atoms with Gasteiger partial charge in [0.15, 0.2) is 0 Å². The molecule has 0 spiro atoms. The molecule has 4 aromatic rings. The maximum Gasteiger partial charge on any atom is 0.268 e. The summed E-state index contributed by atoms with van der Waals surface area (Å²) in [6, 6.07) is 14.0. The van der Waals surface area contributed by atoms with Gasteiger partial charge in [-0.3, -0.25) is 9.97 Å². The number of aliphatic hydroxyl groups excluding tert-OH is 1. The van der Waals surface area contributed by atoms with Crippen molar-refractivity contribution in [2.45, 2.75) is 30.2 Å². The Morgan fingerprint density at radius 2 is 1.90 bits per heavy atom. The number of nitrogens with two attached hydrogens (primary N) is 1. The number of hydrogen-bond donors (Lipinski definition) is 2. The van der Waals surface area contributed by atoms with Crippen LogP contribution in [0.25, 0.3) is 22.3 Å². The third kappa shape index (κ3) is 3.23. The monoisotopic (exact) mass is 434 g/mol. The Balaban J connectivity index is 1.79. The first-order chi connectivity index (χ1) is 15.0. The molecule has 0 aliphatic heterocycles. The van der Waals surface area contributed by atoms with Crippen molar-refractivity contribution < 1.29 is 13.5 Å². The van der Waals surface area contributed by atoms with E-state index in [2.05, 4.69) is 9.97 Å². The zero-order valence-corrected chi connectivity index (χ0v) is 17.6. The third-order valence-corrected chi connectivity index (χ3v) is 7.55. The number of hydrogen-bond acceptors (Lipinski definition) is 6. The number of aromatic nitrogens is 3. The molecule has 5 rings (SSSR count). The lowest BCUT2D eigenvalue weighted by atomic mass is 10.0. The molecule has 0 radical (unpaired) electrons. The molecule has 158 valence electrons. The highest BCUT2D eigenvalue weighted by Gasteiger charge is 2.28. The Hall–Kier alpha value is -3.07. The van der Waals surface area contributed by atoms with E-state index in [1.54, 1.807) is 42.7 Å². The highest BCUT2D eigenvalue weighted by Crippen LogP contribution is 2.39. The summed E-state index contributed by atoms with van der Waals surface area (Å²) < 4.78 is 28.7. The van der Waals surface area contributed by atoms with E-state index >= 15 is 0 Å². The van der Waals surface area contributed by atoms with Crippen molar-refractivity contribution >= 4 is 20.9 Å². The van der Waals surface area contributed by atoms with E-state index < -0.39 is 10.0 Å². The van der Waals surface area contributed by atoms with Crippen LogP contribution in [0.2, 0.25) is 0 Å². The van der Waals surface area contributed by atoms with Gasteiger partial charge in [-0.25, -0.2) is 12.4 Å². The lowest BCUT2D eigenvalue weighted by Crippen LogP contribution is -2.14. The second-order valence-corrected chi connectivity index (χ2v) is 9.48. The molecule has 0 unspecified atom stereocenters. The summed E-state index contributed by atoms with van der Waals surface area (Å²) in [6.07, 6.45) is 5.18. The molecule has 2 aromatic carbocycles. The molecule has 0 bridgehead atoms. The van der Waals surface area contributed by atoms with Crippen LogP contribution in [0.1, 0.15) is 29.3 Å². The largest absolute Gasteiger partial charge is 0.396 e. The van der Waals surface area contributed by atoms with Gasteiger partial charge in [0.2, 0.25) is 0 Å². The number of rotatable bonds is 5. The van der Waals surface area contributed by atoms with Gasteiger partial charge in [-0.1, -0.05) is 24.3 Å². The first-order valence-electron chi connectivity index (χ1n) is 10.2. The van der Waals surface area contributed by atoms with Gasteiger partial charge in [0.05, 0.1) is 28.0 Å². The SMILES string of the molecule is N[C@@H]1CCc2c1ccc1c2cc(-c2cnc(CCO)cn2)n1S(=O)(=O)c1ccccc1. The first kappa shape index (κ1) is 19.9. The minimum absolute atomic E-state index is 0.0247. The van der Waals surface area contributed by atoms with Gasteiger partial charge in [0.25, 0.3) is 10.0 Å². The van der Waals surface area contributed by atoms with E-state index in [4.69, 9.17) is 10.8 Å². The third-order valence-electron chi connectivity index (χ3n) is 5.81. The molecule has 3 N–H and O–H groups in total. The van der Waals surface area contributed by atoms with Gasteiger partial charge in [-0.15, -0.1) is 0 Å². The number of fused-ring (bicyclic) bond motifs is 3. The molecule has 1 aliphatic rings. The van der Waals surface area contributed by atoms with Crippen LogP contribution < -0.4 is 5.73 Å². The molecule has 1 atom stereocenters. The number of nitrogens with zero attached hydrogens (tertiary/aromatic N) is 3. The van der Waals surface area contributed by atoms with Crippen LogP contribution in [0.4, 0.5) is 0 Å². The van der Waals surface area contributed by atoms with Crippen LogP contribution in [0.15, 0.2) is 65.8 Å². The smallest absolute Gasteiger partial charge is 0.268 e. The Morgan fingerprint density at radius 1 is 1.10 bits per heavy atom. The van der Waals surface area contributed by atoms with Gasteiger partial charge >= 0.3 is 0 Å². The fourth-order valence-corrected chi connectivity index (χ4v) is 5.81. The van der Waals surface area contributed by atoms with Crippen molar-refractivity contribution in [1.29, 1.82) is 0 Å². The first-order valence-corrected chi connectivity index (χ1v) is 11.6. The molecule has 1 aliphatic carbocycles. The van der Waals surface area contributed by atoms with E-state index in [9.17, 15) is 8.42 Å². The average molecular weight is 435 g/mol. The highest BCUT2D eigenvalue weighted by atomic mass is 32.2. The van der Waals surface area contributed by atoms with Crippen molar-refractivity contribution in [2.24, 2.45) is 5.73 Å². The Bertz CT molecular complexity index is 1360. The molecule has 31 heavy (non-hydrogen) atoms. The van der Waals surface area contributed by atoms with Gasteiger partial charge in [0, 0.05) is 30.7 Å². The second-order valence-electron chi connectivity index (χ2n) is 7.69. The molecule has 0 saturated carbocycles. The average Bonchev–Trinajstić information content (AvgIpc) is 3.36. The fourth-order valence-electron chi connectivity index (χ4n) is 4.28. The van der Waals surface area contributed by atoms with Crippen molar-refractivity contribution in [3.05, 3.63) is 77.7 Å². The van der Waals surface area contributed by atoms with Crippen LogP contribution in [-0.4, -0.2) is 34.1 Å². The van der Waals surface area contributed by atoms with Gasteiger partial charge in [-0.05, 0) is 48.2 Å². The molecule has 2 heterocycles. The number of aliphatic hydroxyl groups is 1. The lowest BCUT2D eigenvalue weighted by Gasteiger charge is -2.12. The normalized spacial score (nSPS) is 16.0. The van der Waals surface area contributed by atoms with E-state index in [1.807, 2.05) is 18.2 Å². The van der Waals surface area contributed by atoms with E-state index in [1.165, 1.54) is 3.97 Å². The Labute approximate surface area is 180 Å². The molecular weight excluding hydrogens is 412 g/mol. The summed E-state index contributed by atoms with van der Waals surface area (Å²) >= 11 is 0. The van der Waals surface area contributed by atoms with Crippen molar-refractivity contribution in [3.63, 3.8) is 0 Å². The molecule has 7 nitrogen and oxygen atoms in total. The minimum atomic E-state index is -3.87. The predicted octanol–water partition coefficient (Wildman–Crippen LogP) is 2.82. The van der Waals surface area contributed by atoms with Gasteiger partial charge in [-0.2, -0.15) is 0 Å². The Kier molecular flexibility index (Phi) is 4.85. The van der Waals surface area contributed by atoms with Crippen LogP contribution in [0.3, 0.4) is 0 Å². The van der Waals surface area contributed by atoms with E-state index in [0.717, 1.165) is 29.4 Å². The van der Waals surface area contributed by atoms with E-state index in [0.29, 0.717) is 29.0 Å². The molecular formula is C23H22N4O3S. The number of aryl methyl sites for hydroxylation is 1. The van der Waals surface area contributed by atoms with Crippen molar-refractivity contribution in [3.8, 4) is 11.4 Å². The van der Waals surface area contributed by atoms with E-state index in [-0.39, 0.29) is 17.5 Å². The summed E-state index contributed by atoms with van der Waals surface area (Å²) in [4.78, 5) is 9.00. The summed E-state index contributed by atoms with van der Waals surface area (Å²) in [5, 5.41) is 10.0. The molecule has 0 amide bonds. The molecule has 8 heteroatoms. The zero-order chi connectivity index (χ0) is 21.6. The standard InChI is InChI=1S/C23H22N4O3S/c24-20-8-6-17-18(20)7-9-22-19(17)12-23(21-14-25-15(10-11-28)13-26-21)27(22)31(29,30)16-4-2-1-3-5-16/h1-5,7,9,12-14,20,28H,6,8,10-11,24H2/t20-/m1/s1. The zero-order valence-electron chi connectivity index (χ0n) is 16.8. The predicted molar refractivity (Wildman–Crippen MR) is 118 cm³/mol. The topological polar surface area (TPSA) is 111 Å². The second kappa shape index (κ2) is 7.56. The summed E-state index contributed by atoms with van der Waals surface area (Å²) in [5.74, 6) is 0. The van der Waals surface area contributed by atoms with Crippen LogP contribution >= 0.6 is 0 Å². The quantitative estimate of drug-likeness (QED) is 0.500. The molecule has 2 aromatic heterocycles.